The van der Waals surface area contributed by atoms with Crippen LogP contribution in [-0.2, 0) is 4.74 Å². The molecule has 0 atom stereocenters. The van der Waals surface area contributed by atoms with Crippen LogP contribution in [0, 0.1) is 17.0 Å². The SMILES string of the molecule is Cc1cc([N+](=O)[O-])ccc1NCCOC1CCC(N)CC1. The number of hydrogen-bond acceptors (Lipinski definition) is 5. The first-order chi connectivity index (χ1) is 10.1. The minimum Gasteiger partial charge on any atom is -0.383 e. The Morgan fingerprint density at radius 2 is 2.10 bits per heavy atom. The van der Waals surface area contributed by atoms with Gasteiger partial charge < -0.3 is 15.8 Å². The van der Waals surface area contributed by atoms with Crippen molar-refractivity contribution in [3.05, 3.63) is 33.9 Å². The van der Waals surface area contributed by atoms with Gasteiger partial charge in [-0.25, -0.2) is 0 Å². The molecule has 0 aromatic heterocycles. The van der Waals surface area contributed by atoms with E-state index >= 15 is 0 Å². The molecule has 0 heterocycles. The number of nitro benzene ring substituents is 1. The van der Waals surface area contributed by atoms with Crippen molar-refractivity contribution >= 4 is 11.4 Å². The third-order valence-corrected chi connectivity index (χ3v) is 3.91. The van der Waals surface area contributed by atoms with E-state index in [0.29, 0.717) is 25.3 Å². The number of rotatable bonds is 6. The van der Waals surface area contributed by atoms with E-state index in [9.17, 15) is 10.1 Å². The molecule has 0 spiro atoms. The fraction of sp³-hybridized carbons (Fsp3) is 0.600. The van der Waals surface area contributed by atoms with Gasteiger partial charge in [-0.2, -0.15) is 0 Å². The summed E-state index contributed by atoms with van der Waals surface area (Å²) in [5, 5.41) is 13.9. The molecule has 6 nitrogen and oxygen atoms in total. The summed E-state index contributed by atoms with van der Waals surface area (Å²) in [6.07, 6.45) is 4.48. The zero-order chi connectivity index (χ0) is 15.2. The van der Waals surface area contributed by atoms with Crippen LogP contribution in [0.15, 0.2) is 18.2 Å². The molecule has 1 aromatic carbocycles. The Labute approximate surface area is 124 Å². The molecule has 1 saturated carbocycles. The number of ether oxygens (including phenoxy) is 1. The molecule has 0 saturated heterocycles. The average Bonchev–Trinajstić information content (AvgIpc) is 2.46. The summed E-state index contributed by atoms with van der Waals surface area (Å²) in [5.74, 6) is 0. The molecule has 0 unspecified atom stereocenters. The standard InChI is InChI=1S/C15H23N3O3/c1-11-10-13(18(19)20)4-7-15(11)17-8-9-21-14-5-2-12(16)3-6-14/h4,7,10,12,14,17H,2-3,5-6,8-9,16H2,1H3. The number of non-ortho nitro benzene ring substituents is 1. The summed E-state index contributed by atoms with van der Waals surface area (Å²) in [6.45, 7) is 3.19. The Kier molecular flexibility index (Phi) is 5.52. The second-order valence-corrected chi connectivity index (χ2v) is 5.59. The quantitative estimate of drug-likeness (QED) is 0.478. The van der Waals surface area contributed by atoms with Crippen LogP contribution < -0.4 is 11.1 Å². The highest BCUT2D eigenvalue weighted by molar-refractivity contribution is 5.55. The number of aryl methyl sites for hydroxylation is 1. The number of nitrogens with one attached hydrogen (secondary N) is 1. The summed E-state index contributed by atoms with van der Waals surface area (Å²) in [5.41, 5.74) is 7.76. The van der Waals surface area contributed by atoms with E-state index in [2.05, 4.69) is 5.32 Å². The smallest absolute Gasteiger partial charge is 0.269 e. The number of benzene rings is 1. The molecule has 0 amide bonds. The number of hydrogen-bond donors (Lipinski definition) is 2. The molecular formula is C15H23N3O3. The van der Waals surface area contributed by atoms with Crippen LogP contribution in [-0.4, -0.2) is 30.2 Å². The van der Waals surface area contributed by atoms with E-state index in [4.69, 9.17) is 10.5 Å². The highest BCUT2D eigenvalue weighted by Crippen LogP contribution is 2.22. The van der Waals surface area contributed by atoms with Crippen molar-refractivity contribution in [2.45, 2.75) is 44.8 Å². The van der Waals surface area contributed by atoms with Gasteiger partial charge in [-0.05, 0) is 44.2 Å². The molecule has 21 heavy (non-hydrogen) atoms. The largest absolute Gasteiger partial charge is 0.383 e. The molecule has 0 bridgehead atoms. The molecular weight excluding hydrogens is 270 g/mol. The molecule has 1 aliphatic carbocycles. The van der Waals surface area contributed by atoms with Crippen molar-refractivity contribution in [2.24, 2.45) is 5.73 Å². The van der Waals surface area contributed by atoms with Crippen LogP contribution in [0.1, 0.15) is 31.2 Å². The van der Waals surface area contributed by atoms with Gasteiger partial charge in [0.2, 0.25) is 0 Å². The van der Waals surface area contributed by atoms with E-state index in [0.717, 1.165) is 36.9 Å². The zero-order valence-corrected chi connectivity index (χ0v) is 12.4. The Morgan fingerprint density at radius 3 is 2.71 bits per heavy atom. The molecule has 2 rings (SSSR count). The minimum atomic E-state index is -0.381. The van der Waals surface area contributed by atoms with Crippen molar-refractivity contribution in [3.63, 3.8) is 0 Å². The molecule has 0 aliphatic heterocycles. The maximum Gasteiger partial charge on any atom is 0.269 e. The maximum atomic E-state index is 10.7. The van der Waals surface area contributed by atoms with Crippen molar-refractivity contribution < 1.29 is 9.66 Å². The van der Waals surface area contributed by atoms with Gasteiger partial charge in [0, 0.05) is 30.4 Å². The highest BCUT2D eigenvalue weighted by Gasteiger charge is 2.18. The van der Waals surface area contributed by atoms with Crippen molar-refractivity contribution in [1.82, 2.24) is 0 Å². The lowest BCUT2D eigenvalue weighted by Crippen LogP contribution is -2.31. The van der Waals surface area contributed by atoms with Crippen LogP contribution in [0.2, 0.25) is 0 Å². The first-order valence-electron chi connectivity index (χ1n) is 7.42. The Morgan fingerprint density at radius 1 is 1.38 bits per heavy atom. The zero-order valence-electron chi connectivity index (χ0n) is 12.4. The van der Waals surface area contributed by atoms with E-state index in [1.54, 1.807) is 12.1 Å². The normalized spacial score (nSPS) is 22.0. The molecule has 1 aliphatic rings. The molecule has 1 fully saturated rings. The second kappa shape index (κ2) is 7.38. The maximum absolute atomic E-state index is 10.7. The number of anilines is 1. The Hall–Kier alpha value is -1.66. The molecule has 3 N–H and O–H groups in total. The van der Waals surface area contributed by atoms with Crippen LogP contribution >= 0.6 is 0 Å². The van der Waals surface area contributed by atoms with Gasteiger partial charge in [-0.1, -0.05) is 0 Å². The third-order valence-electron chi connectivity index (χ3n) is 3.91. The summed E-state index contributed by atoms with van der Waals surface area (Å²) in [6, 6.07) is 5.17. The first kappa shape index (κ1) is 15.7. The predicted octanol–water partition coefficient (Wildman–Crippen LogP) is 2.60. The number of nitrogens with zero attached hydrogens (tertiary/aromatic N) is 1. The molecule has 1 aromatic rings. The van der Waals surface area contributed by atoms with E-state index in [1.807, 2.05) is 6.92 Å². The number of nitro groups is 1. The van der Waals surface area contributed by atoms with Crippen LogP contribution in [0.25, 0.3) is 0 Å². The fourth-order valence-electron chi connectivity index (χ4n) is 2.63. The fourth-order valence-corrected chi connectivity index (χ4v) is 2.63. The first-order valence-corrected chi connectivity index (χ1v) is 7.42. The lowest BCUT2D eigenvalue weighted by atomic mass is 9.94. The van der Waals surface area contributed by atoms with E-state index in [-0.39, 0.29) is 10.6 Å². The number of nitrogens with two attached hydrogens (primary N) is 1. The van der Waals surface area contributed by atoms with Gasteiger partial charge in [0.05, 0.1) is 17.6 Å². The van der Waals surface area contributed by atoms with E-state index < -0.39 is 0 Å². The second-order valence-electron chi connectivity index (χ2n) is 5.59. The molecule has 6 heteroatoms. The lowest BCUT2D eigenvalue weighted by Gasteiger charge is -2.26. The Bertz CT molecular complexity index is 485. The monoisotopic (exact) mass is 293 g/mol. The predicted molar refractivity (Wildman–Crippen MR) is 82.5 cm³/mol. The lowest BCUT2D eigenvalue weighted by molar-refractivity contribution is -0.384. The van der Waals surface area contributed by atoms with Crippen molar-refractivity contribution in [1.29, 1.82) is 0 Å². The van der Waals surface area contributed by atoms with Crippen molar-refractivity contribution in [2.75, 3.05) is 18.5 Å². The third kappa shape index (κ3) is 4.68. The van der Waals surface area contributed by atoms with Gasteiger partial charge in [0.25, 0.3) is 5.69 Å². The van der Waals surface area contributed by atoms with Gasteiger partial charge >= 0.3 is 0 Å². The molecule has 0 radical (unpaired) electrons. The highest BCUT2D eigenvalue weighted by atomic mass is 16.6. The van der Waals surface area contributed by atoms with Gasteiger partial charge in [0.1, 0.15) is 0 Å². The summed E-state index contributed by atoms with van der Waals surface area (Å²) >= 11 is 0. The average molecular weight is 293 g/mol. The topological polar surface area (TPSA) is 90.4 Å². The van der Waals surface area contributed by atoms with E-state index in [1.165, 1.54) is 6.07 Å². The summed E-state index contributed by atoms with van der Waals surface area (Å²) in [4.78, 5) is 10.3. The Balaban J connectivity index is 1.72. The van der Waals surface area contributed by atoms with Crippen molar-refractivity contribution in [3.8, 4) is 0 Å². The summed E-state index contributed by atoms with van der Waals surface area (Å²) in [7, 11) is 0. The van der Waals surface area contributed by atoms with Gasteiger partial charge in [0.15, 0.2) is 0 Å². The minimum absolute atomic E-state index is 0.118. The van der Waals surface area contributed by atoms with Gasteiger partial charge in [-0.3, -0.25) is 10.1 Å². The molecule has 116 valence electrons. The van der Waals surface area contributed by atoms with Crippen LogP contribution in [0.5, 0.6) is 0 Å². The summed E-state index contributed by atoms with van der Waals surface area (Å²) < 4.78 is 5.83. The van der Waals surface area contributed by atoms with Crippen LogP contribution in [0.4, 0.5) is 11.4 Å². The van der Waals surface area contributed by atoms with Crippen LogP contribution in [0.3, 0.4) is 0 Å². The van der Waals surface area contributed by atoms with Gasteiger partial charge in [-0.15, -0.1) is 0 Å².